The second kappa shape index (κ2) is 5.75. The molecule has 0 spiro atoms. The number of para-hydroxylation sites is 1. The topological polar surface area (TPSA) is 79.3 Å². The fourth-order valence-electron chi connectivity index (χ4n) is 2.61. The van der Waals surface area contributed by atoms with E-state index in [9.17, 15) is 9.59 Å². The van der Waals surface area contributed by atoms with Crippen molar-refractivity contribution in [2.45, 2.75) is 0 Å². The molecule has 0 aliphatic rings. The monoisotopic (exact) mass is 430 g/mol. The van der Waals surface area contributed by atoms with Gasteiger partial charge < -0.3 is 10.3 Å². The average molecular weight is 430 g/mol. The number of carbonyl (C=O) groups is 1. The van der Waals surface area contributed by atoms with E-state index in [0.717, 1.165) is 3.57 Å². The molecule has 1 amide bonds. The van der Waals surface area contributed by atoms with Crippen LogP contribution < -0.4 is 10.9 Å². The molecule has 0 aliphatic heterocycles. The lowest BCUT2D eigenvalue weighted by atomic mass is 10.2. The second-order valence-corrected chi connectivity index (χ2v) is 6.50. The van der Waals surface area contributed by atoms with Crippen LogP contribution in [0.15, 0.2) is 59.5 Å². The summed E-state index contributed by atoms with van der Waals surface area (Å²) in [5.41, 5.74) is 1.79. The van der Waals surface area contributed by atoms with Crippen LogP contribution >= 0.6 is 22.6 Å². The van der Waals surface area contributed by atoms with E-state index in [4.69, 9.17) is 0 Å². The molecular weight excluding hydrogens is 419 g/mol. The summed E-state index contributed by atoms with van der Waals surface area (Å²) in [4.78, 5) is 27.5. The van der Waals surface area contributed by atoms with E-state index in [1.165, 1.54) is 6.20 Å². The number of aromatic nitrogens is 3. The summed E-state index contributed by atoms with van der Waals surface area (Å²) in [5, 5.41) is 7.60. The minimum atomic E-state index is -0.321. The lowest BCUT2D eigenvalue weighted by molar-refractivity contribution is 0.102. The number of amides is 1. The van der Waals surface area contributed by atoms with Gasteiger partial charge in [-0.3, -0.25) is 9.59 Å². The Hall–Kier alpha value is -2.68. The lowest BCUT2D eigenvalue weighted by Crippen LogP contribution is -2.15. The maximum atomic E-state index is 12.6. The molecule has 2 aromatic carbocycles. The molecule has 2 N–H and O–H groups in total. The number of aromatic amines is 1. The van der Waals surface area contributed by atoms with Gasteiger partial charge in [0.25, 0.3) is 11.5 Å². The summed E-state index contributed by atoms with van der Waals surface area (Å²) in [6, 6.07) is 14.6. The second-order valence-electron chi connectivity index (χ2n) is 5.25. The zero-order valence-corrected chi connectivity index (χ0v) is 14.4. The maximum absolute atomic E-state index is 12.6. The predicted octanol–water partition coefficient (Wildman–Crippen LogP) is 3.03. The van der Waals surface area contributed by atoms with Crippen molar-refractivity contribution in [2.75, 3.05) is 5.32 Å². The molecule has 0 saturated heterocycles. The third-order valence-electron chi connectivity index (χ3n) is 3.71. The number of nitrogens with zero attached hydrogens (tertiary/aromatic N) is 2. The summed E-state index contributed by atoms with van der Waals surface area (Å²) >= 11 is 2.18. The number of H-pyrrole nitrogens is 1. The van der Waals surface area contributed by atoms with Gasteiger partial charge >= 0.3 is 0 Å². The molecule has 2 heterocycles. The van der Waals surface area contributed by atoms with Gasteiger partial charge in [0.1, 0.15) is 11.2 Å². The van der Waals surface area contributed by atoms with Crippen molar-refractivity contribution in [3.05, 3.63) is 74.2 Å². The molecule has 2 aromatic heterocycles. The fraction of sp³-hybridized carbons (Fsp3) is 0. The van der Waals surface area contributed by atoms with Gasteiger partial charge in [-0.25, -0.2) is 4.52 Å². The first kappa shape index (κ1) is 14.9. The Bertz CT molecular complexity index is 1150. The van der Waals surface area contributed by atoms with Gasteiger partial charge in [0.2, 0.25) is 0 Å². The highest BCUT2D eigenvalue weighted by molar-refractivity contribution is 14.1. The molecule has 0 aliphatic carbocycles. The number of anilines is 1. The van der Waals surface area contributed by atoms with Gasteiger partial charge in [-0.05, 0) is 52.9 Å². The first-order valence-corrected chi connectivity index (χ1v) is 8.27. The minimum absolute atomic E-state index is 0.248. The standard InChI is InChI=1S/C17H11IN4O2/c18-10-4-3-5-11(8-10)20-17(24)13-9-19-22-14-7-2-1-6-12(14)16(23)21-15(13)22/h1-9H,(H,20,24)(H,21,23). The number of halogens is 1. The molecule has 0 atom stereocenters. The normalized spacial score (nSPS) is 11.0. The predicted molar refractivity (Wildman–Crippen MR) is 100 cm³/mol. The molecule has 24 heavy (non-hydrogen) atoms. The van der Waals surface area contributed by atoms with Crippen LogP contribution in [0.2, 0.25) is 0 Å². The minimum Gasteiger partial charge on any atom is -0.322 e. The van der Waals surface area contributed by atoms with Crippen molar-refractivity contribution >= 4 is 50.7 Å². The Balaban J connectivity index is 1.83. The zero-order chi connectivity index (χ0) is 16.7. The van der Waals surface area contributed by atoms with Gasteiger partial charge in [-0.2, -0.15) is 5.10 Å². The van der Waals surface area contributed by atoms with Gasteiger partial charge in [0.05, 0.1) is 17.1 Å². The Morgan fingerprint density at radius 2 is 2.00 bits per heavy atom. The molecule has 0 unspecified atom stereocenters. The summed E-state index contributed by atoms with van der Waals surface area (Å²) in [5.74, 6) is -0.321. The molecule has 118 valence electrons. The summed E-state index contributed by atoms with van der Waals surface area (Å²) in [6.45, 7) is 0. The van der Waals surface area contributed by atoms with Crippen LogP contribution in [0, 0.1) is 3.57 Å². The number of carbonyl (C=O) groups excluding carboxylic acids is 1. The molecule has 6 nitrogen and oxygen atoms in total. The largest absolute Gasteiger partial charge is 0.322 e. The quantitative estimate of drug-likeness (QED) is 0.480. The van der Waals surface area contributed by atoms with Crippen LogP contribution in [0.4, 0.5) is 5.69 Å². The van der Waals surface area contributed by atoms with E-state index in [2.05, 4.69) is 38.0 Å². The van der Waals surface area contributed by atoms with Crippen molar-refractivity contribution in [3.8, 4) is 0 Å². The average Bonchev–Trinajstić information content (AvgIpc) is 2.99. The highest BCUT2D eigenvalue weighted by atomic mass is 127. The Labute approximate surface area is 149 Å². The van der Waals surface area contributed by atoms with Gasteiger partial charge in [-0.15, -0.1) is 0 Å². The molecule has 4 aromatic rings. The van der Waals surface area contributed by atoms with E-state index in [0.29, 0.717) is 27.8 Å². The lowest BCUT2D eigenvalue weighted by Gasteiger charge is -2.05. The summed E-state index contributed by atoms with van der Waals surface area (Å²) in [7, 11) is 0. The van der Waals surface area contributed by atoms with Crippen LogP contribution in [0.1, 0.15) is 10.4 Å². The highest BCUT2D eigenvalue weighted by Gasteiger charge is 2.16. The molecule has 4 rings (SSSR count). The Morgan fingerprint density at radius 3 is 2.83 bits per heavy atom. The number of hydrogen-bond donors (Lipinski definition) is 2. The van der Waals surface area contributed by atoms with E-state index in [-0.39, 0.29) is 11.5 Å². The summed E-state index contributed by atoms with van der Waals surface area (Å²) < 4.78 is 2.59. The van der Waals surface area contributed by atoms with Crippen molar-refractivity contribution < 1.29 is 4.79 Å². The number of rotatable bonds is 2. The number of benzene rings is 2. The SMILES string of the molecule is O=C(Nc1cccc(I)c1)c1cnn2c1[nH]c(=O)c1ccccc12. The first-order valence-electron chi connectivity index (χ1n) is 7.19. The molecular formula is C17H11IN4O2. The number of nitrogens with one attached hydrogen (secondary N) is 2. The van der Waals surface area contributed by atoms with Crippen LogP contribution in [0.25, 0.3) is 16.6 Å². The third kappa shape index (κ3) is 2.46. The number of fused-ring (bicyclic) bond motifs is 3. The first-order chi connectivity index (χ1) is 11.6. The molecule has 0 saturated carbocycles. The smallest absolute Gasteiger partial charge is 0.261 e. The highest BCUT2D eigenvalue weighted by Crippen LogP contribution is 2.17. The molecule has 0 bridgehead atoms. The van der Waals surface area contributed by atoms with Crippen LogP contribution in [0.3, 0.4) is 0 Å². The third-order valence-corrected chi connectivity index (χ3v) is 4.38. The summed E-state index contributed by atoms with van der Waals surface area (Å²) in [6.07, 6.45) is 1.46. The Morgan fingerprint density at radius 1 is 1.17 bits per heavy atom. The molecule has 0 radical (unpaired) electrons. The Kier molecular flexibility index (Phi) is 3.57. The van der Waals surface area contributed by atoms with E-state index < -0.39 is 0 Å². The van der Waals surface area contributed by atoms with Gasteiger partial charge in [0.15, 0.2) is 0 Å². The fourth-order valence-corrected chi connectivity index (χ4v) is 3.15. The maximum Gasteiger partial charge on any atom is 0.261 e. The van der Waals surface area contributed by atoms with Crippen LogP contribution in [0.5, 0.6) is 0 Å². The van der Waals surface area contributed by atoms with Crippen molar-refractivity contribution in [2.24, 2.45) is 0 Å². The molecule has 0 fully saturated rings. The van der Waals surface area contributed by atoms with E-state index >= 15 is 0 Å². The zero-order valence-electron chi connectivity index (χ0n) is 12.3. The van der Waals surface area contributed by atoms with Crippen LogP contribution in [-0.4, -0.2) is 20.5 Å². The van der Waals surface area contributed by atoms with E-state index in [1.807, 2.05) is 30.3 Å². The molecule has 7 heteroatoms. The van der Waals surface area contributed by atoms with Crippen molar-refractivity contribution in [1.82, 2.24) is 14.6 Å². The number of hydrogen-bond acceptors (Lipinski definition) is 3. The van der Waals surface area contributed by atoms with Gasteiger partial charge in [-0.1, -0.05) is 18.2 Å². The van der Waals surface area contributed by atoms with Crippen LogP contribution in [-0.2, 0) is 0 Å². The van der Waals surface area contributed by atoms with Crippen molar-refractivity contribution in [3.63, 3.8) is 0 Å². The van der Waals surface area contributed by atoms with E-state index in [1.54, 1.807) is 22.7 Å². The van der Waals surface area contributed by atoms with Gasteiger partial charge in [0, 0.05) is 9.26 Å². The van der Waals surface area contributed by atoms with Crippen molar-refractivity contribution in [1.29, 1.82) is 0 Å².